The third-order valence-corrected chi connectivity index (χ3v) is 6.23. The first kappa shape index (κ1) is 21.0. The van der Waals surface area contributed by atoms with Gasteiger partial charge >= 0.3 is 0 Å². The smallest absolute Gasteiger partial charge is 0.271 e. The standard InChI is InChI=1S/C22H25FN6O2/c1-13-7-17(18(23)8-16(13)9-24)10-25-21(31)20(14-4-5-14)15-3-2-6-29(12-15)22-27-19(30)11-26-28-22/h7-8,11,14-15,20H,2-6,10,12H2,1H3,(H,25,31)(H,27,28,30)/t15-,20?/m1/s1. The molecule has 4 rings (SSSR count). The number of hydrogen-bond acceptors (Lipinski definition) is 6. The summed E-state index contributed by atoms with van der Waals surface area (Å²) in [7, 11) is 0. The van der Waals surface area contributed by atoms with Crippen molar-refractivity contribution < 1.29 is 9.18 Å². The van der Waals surface area contributed by atoms with Crippen LogP contribution < -0.4 is 15.8 Å². The van der Waals surface area contributed by atoms with Crippen molar-refractivity contribution in [3.8, 4) is 6.07 Å². The van der Waals surface area contributed by atoms with Crippen molar-refractivity contribution in [3.05, 3.63) is 51.2 Å². The van der Waals surface area contributed by atoms with E-state index in [1.165, 1.54) is 6.07 Å². The molecule has 1 unspecified atom stereocenters. The zero-order valence-corrected chi connectivity index (χ0v) is 17.4. The van der Waals surface area contributed by atoms with Gasteiger partial charge in [0, 0.05) is 31.1 Å². The molecule has 2 heterocycles. The van der Waals surface area contributed by atoms with Crippen LogP contribution in [0.2, 0.25) is 0 Å². The van der Waals surface area contributed by atoms with E-state index in [2.05, 4.69) is 20.5 Å². The van der Waals surface area contributed by atoms with Crippen LogP contribution in [0.15, 0.2) is 23.1 Å². The van der Waals surface area contributed by atoms with Gasteiger partial charge in [-0.2, -0.15) is 5.26 Å². The highest BCUT2D eigenvalue weighted by Crippen LogP contribution is 2.43. The van der Waals surface area contributed by atoms with E-state index in [1.54, 1.807) is 13.0 Å². The average molecular weight is 424 g/mol. The van der Waals surface area contributed by atoms with E-state index in [9.17, 15) is 14.0 Å². The molecule has 1 aromatic heterocycles. The number of H-pyrrole nitrogens is 1. The van der Waals surface area contributed by atoms with Crippen molar-refractivity contribution in [1.29, 1.82) is 5.26 Å². The van der Waals surface area contributed by atoms with Crippen LogP contribution in [0.1, 0.15) is 42.4 Å². The Morgan fingerprint density at radius 2 is 2.19 bits per heavy atom. The van der Waals surface area contributed by atoms with Crippen LogP contribution in [0, 0.1) is 41.8 Å². The first-order valence-electron chi connectivity index (χ1n) is 10.6. The monoisotopic (exact) mass is 424 g/mol. The van der Waals surface area contributed by atoms with Gasteiger partial charge in [0.2, 0.25) is 11.9 Å². The van der Waals surface area contributed by atoms with Gasteiger partial charge in [-0.25, -0.2) is 4.39 Å². The van der Waals surface area contributed by atoms with Crippen LogP contribution in [0.3, 0.4) is 0 Å². The van der Waals surface area contributed by atoms with Crippen LogP contribution in [0.5, 0.6) is 0 Å². The number of aryl methyl sites for hydroxylation is 1. The van der Waals surface area contributed by atoms with E-state index in [0.29, 0.717) is 35.1 Å². The maximum Gasteiger partial charge on any atom is 0.271 e. The molecule has 1 saturated carbocycles. The zero-order chi connectivity index (χ0) is 22.0. The number of nitrogens with one attached hydrogen (secondary N) is 2. The van der Waals surface area contributed by atoms with E-state index in [4.69, 9.17) is 5.26 Å². The summed E-state index contributed by atoms with van der Waals surface area (Å²) in [5.74, 6) is 0.179. The summed E-state index contributed by atoms with van der Waals surface area (Å²) >= 11 is 0. The summed E-state index contributed by atoms with van der Waals surface area (Å²) in [5, 5.41) is 19.7. The maximum atomic E-state index is 14.3. The highest BCUT2D eigenvalue weighted by molar-refractivity contribution is 5.79. The number of amides is 1. The Balaban J connectivity index is 1.45. The van der Waals surface area contributed by atoms with Gasteiger partial charge in [0.05, 0.1) is 11.6 Å². The number of carbonyl (C=O) groups is 1. The van der Waals surface area contributed by atoms with Crippen molar-refractivity contribution in [1.82, 2.24) is 20.5 Å². The van der Waals surface area contributed by atoms with Gasteiger partial charge in [0.25, 0.3) is 5.56 Å². The lowest BCUT2D eigenvalue weighted by Crippen LogP contribution is -2.45. The molecule has 0 radical (unpaired) electrons. The Kier molecular flexibility index (Phi) is 5.98. The number of nitriles is 1. The summed E-state index contributed by atoms with van der Waals surface area (Å²) in [4.78, 5) is 29.4. The highest BCUT2D eigenvalue weighted by atomic mass is 19.1. The van der Waals surface area contributed by atoms with Gasteiger partial charge in [-0.1, -0.05) is 6.07 Å². The predicted molar refractivity (Wildman–Crippen MR) is 112 cm³/mol. The molecular weight excluding hydrogens is 399 g/mol. The Hall–Kier alpha value is -3.28. The minimum Gasteiger partial charge on any atom is -0.352 e. The third-order valence-electron chi connectivity index (χ3n) is 6.23. The Morgan fingerprint density at radius 3 is 2.90 bits per heavy atom. The normalized spacial score (nSPS) is 19.5. The van der Waals surface area contributed by atoms with Crippen LogP contribution in [-0.4, -0.2) is 34.2 Å². The molecule has 8 nitrogen and oxygen atoms in total. The fourth-order valence-corrected chi connectivity index (χ4v) is 4.51. The number of anilines is 1. The van der Waals surface area contributed by atoms with Gasteiger partial charge in [-0.05, 0) is 56.1 Å². The Morgan fingerprint density at radius 1 is 1.39 bits per heavy atom. The Bertz CT molecular complexity index is 1070. The number of halogens is 1. The van der Waals surface area contributed by atoms with Gasteiger partial charge < -0.3 is 10.2 Å². The van der Waals surface area contributed by atoms with E-state index in [1.807, 2.05) is 11.0 Å². The van der Waals surface area contributed by atoms with Gasteiger partial charge in [0.1, 0.15) is 12.0 Å². The zero-order valence-electron chi connectivity index (χ0n) is 17.4. The molecule has 31 heavy (non-hydrogen) atoms. The number of nitrogens with zero attached hydrogens (tertiary/aromatic N) is 4. The van der Waals surface area contributed by atoms with Crippen molar-refractivity contribution in [2.75, 3.05) is 18.0 Å². The number of rotatable bonds is 6. The second-order valence-corrected chi connectivity index (χ2v) is 8.46. The molecule has 1 amide bonds. The molecule has 1 saturated heterocycles. The van der Waals surface area contributed by atoms with E-state index >= 15 is 0 Å². The van der Waals surface area contributed by atoms with Crippen molar-refractivity contribution in [3.63, 3.8) is 0 Å². The predicted octanol–water partition coefficient (Wildman–Crippen LogP) is 2.04. The topological polar surface area (TPSA) is 115 Å². The number of hydrogen-bond donors (Lipinski definition) is 2. The number of carbonyl (C=O) groups excluding carboxylic acids is 1. The number of benzene rings is 1. The molecule has 2 aromatic rings. The van der Waals surface area contributed by atoms with Gasteiger partial charge in [0.15, 0.2) is 0 Å². The minimum absolute atomic E-state index is 0.0663. The van der Waals surface area contributed by atoms with E-state index in [0.717, 1.165) is 38.4 Å². The summed E-state index contributed by atoms with van der Waals surface area (Å²) in [5.41, 5.74) is 1.06. The molecule has 2 fully saturated rings. The summed E-state index contributed by atoms with van der Waals surface area (Å²) in [6.07, 6.45) is 4.97. The lowest BCUT2D eigenvalue weighted by atomic mass is 9.81. The van der Waals surface area contributed by atoms with Crippen LogP contribution in [-0.2, 0) is 11.3 Å². The average Bonchev–Trinajstić information content (AvgIpc) is 3.59. The first-order chi connectivity index (χ1) is 15.0. The molecule has 2 atom stereocenters. The summed E-state index contributed by atoms with van der Waals surface area (Å²) in [6.45, 7) is 3.21. The first-order valence-corrected chi connectivity index (χ1v) is 10.6. The SMILES string of the molecule is Cc1cc(CNC(=O)C(C2CC2)[C@@H]2CCCN(c3nncc(=O)[nH]3)C2)c(F)cc1C#N. The van der Waals surface area contributed by atoms with Gasteiger partial charge in [-0.3, -0.25) is 14.6 Å². The van der Waals surface area contributed by atoms with Crippen molar-refractivity contribution in [2.45, 2.75) is 39.2 Å². The third kappa shape index (κ3) is 4.74. The molecule has 2 N–H and O–H groups in total. The summed E-state index contributed by atoms with van der Waals surface area (Å²) in [6, 6.07) is 4.81. The Labute approximate surface area is 179 Å². The second-order valence-electron chi connectivity index (χ2n) is 8.46. The molecular formula is C22H25FN6O2. The van der Waals surface area contributed by atoms with Gasteiger partial charge in [-0.15, -0.1) is 10.2 Å². The minimum atomic E-state index is -0.485. The molecule has 0 bridgehead atoms. The molecule has 1 aliphatic heterocycles. The fourth-order valence-electron chi connectivity index (χ4n) is 4.51. The molecule has 9 heteroatoms. The van der Waals surface area contributed by atoms with Crippen molar-refractivity contribution >= 4 is 11.9 Å². The second kappa shape index (κ2) is 8.84. The van der Waals surface area contributed by atoms with Crippen molar-refractivity contribution in [2.24, 2.45) is 17.8 Å². The molecule has 162 valence electrons. The molecule has 0 spiro atoms. The number of aromatic nitrogens is 3. The lowest BCUT2D eigenvalue weighted by molar-refractivity contribution is -0.127. The van der Waals surface area contributed by atoms with Crippen LogP contribution in [0.25, 0.3) is 0 Å². The maximum absolute atomic E-state index is 14.3. The molecule has 1 aliphatic carbocycles. The number of aromatic amines is 1. The molecule has 2 aliphatic rings. The summed E-state index contributed by atoms with van der Waals surface area (Å²) < 4.78 is 14.3. The highest BCUT2D eigenvalue weighted by Gasteiger charge is 2.42. The van der Waals surface area contributed by atoms with E-state index < -0.39 is 5.82 Å². The lowest BCUT2D eigenvalue weighted by Gasteiger charge is -2.36. The largest absolute Gasteiger partial charge is 0.352 e. The molecule has 1 aromatic carbocycles. The fraction of sp³-hybridized carbons (Fsp3) is 0.500. The van der Waals surface area contributed by atoms with E-state index in [-0.39, 0.29) is 29.8 Å². The quantitative estimate of drug-likeness (QED) is 0.733. The number of piperidine rings is 1. The van der Waals surface area contributed by atoms with Crippen LogP contribution in [0.4, 0.5) is 10.3 Å². The van der Waals surface area contributed by atoms with Crippen LogP contribution >= 0.6 is 0 Å².